The first-order chi connectivity index (χ1) is 19.9. The minimum atomic E-state index is -4.67. The molecular formula is C29H21ClF3N4O4S-. The first-order valence-electron chi connectivity index (χ1n) is 12.5. The van der Waals surface area contributed by atoms with Gasteiger partial charge >= 0.3 is 6.18 Å². The van der Waals surface area contributed by atoms with Crippen LogP contribution in [0.5, 0.6) is 0 Å². The van der Waals surface area contributed by atoms with E-state index in [1.54, 1.807) is 66.2 Å². The number of carbonyl (C=O) groups is 1. The lowest BCUT2D eigenvalue weighted by atomic mass is 10.1. The van der Waals surface area contributed by atoms with Gasteiger partial charge in [0, 0.05) is 30.2 Å². The number of rotatable bonds is 7. The number of carboxylic acid groups (broad SMARTS) is 1. The van der Waals surface area contributed by atoms with Gasteiger partial charge in [-0.1, -0.05) is 41.4 Å². The number of fused-ring (bicyclic) bond motifs is 1. The zero-order valence-electron chi connectivity index (χ0n) is 21.8. The minimum absolute atomic E-state index is 0.0419. The second kappa shape index (κ2) is 11.1. The highest BCUT2D eigenvalue weighted by Crippen LogP contribution is 2.39. The minimum Gasteiger partial charge on any atom is -0.529 e. The van der Waals surface area contributed by atoms with Gasteiger partial charge in [-0.05, 0) is 67.4 Å². The van der Waals surface area contributed by atoms with Crippen molar-refractivity contribution in [1.82, 2.24) is 18.8 Å². The maximum Gasteiger partial charge on any atom is 0.417 e. The van der Waals surface area contributed by atoms with Crippen molar-refractivity contribution in [2.75, 3.05) is 6.54 Å². The molecular weight excluding hydrogens is 593 g/mol. The molecule has 0 aliphatic heterocycles. The van der Waals surface area contributed by atoms with Crippen molar-refractivity contribution >= 4 is 38.8 Å². The summed E-state index contributed by atoms with van der Waals surface area (Å²) in [5.41, 5.74) is 1.89. The molecule has 0 bridgehead atoms. The molecule has 3 aromatic carbocycles. The molecule has 2 aromatic heterocycles. The number of nitrogens with zero attached hydrogens (tertiary/aromatic N) is 4. The number of aromatic nitrogens is 3. The molecule has 0 saturated heterocycles. The second-order valence-electron chi connectivity index (χ2n) is 9.40. The van der Waals surface area contributed by atoms with E-state index in [2.05, 4.69) is 9.97 Å². The van der Waals surface area contributed by atoms with E-state index < -0.39 is 32.9 Å². The van der Waals surface area contributed by atoms with E-state index in [9.17, 15) is 31.5 Å². The topological polar surface area (TPSA) is 108 Å². The molecule has 42 heavy (non-hydrogen) atoms. The van der Waals surface area contributed by atoms with E-state index in [1.807, 2.05) is 0 Å². The average molecular weight is 614 g/mol. The lowest BCUT2D eigenvalue weighted by Gasteiger charge is -2.24. The van der Waals surface area contributed by atoms with Crippen LogP contribution < -0.4 is 5.11 Å². The van der Waals surface area contributed by atoms with Gasteiger partial charge in [0.25, 0.3) is 10.0 Å². The fourth-order valence-corrected chi connectivity index (χ4v) is 5.98. The molecule has 5 aromatic rings. The highest BCUT2D eigenvalue weighted by molar-refractivity contribution is 7.89. The van der Waals surface area contributed by atoms with Gasteiger partial charge in [-0.2, -0.15) is 13.2 Å². The van der Waals surface area contributed by atoms with Crippen molar-refractivity contribution in [1.29, 1.82) is 0 Å². The Morgan fingerprint density at radius 2 is 1.74 bits per heavy atom. The monoisotopic (exact) mass is 613 g/mol. The van der Waals surface area contributed by atoms with E-state index in [4.69, 9.17) is 11.6 Å². The number of carbonyl (C=O) groups excluding carboxylic acids is 1. The van der Waals surface area contributed by atoms with Gasteiger partial charge in [0.15, 0.2) is 6.09 Å². The smallest absolute Gasteiger partial charge is 0.417 e. The second-order valence-corrected chi connectivity index (χ2v) is 11.7. The third kappa shape index (κ3) is 5.68. The van der Waals surface area contributed by atoms with Crippen LogP contribution in [0.1, 0.15) is 16.7 Å². The maximum absolute atomic E-state index is 13.5. The predicted octanol–water partition coefficient (Wildman–Crippen LogP) is 5.64. The number of pyridine rings is 1. The summed E-state index contributed by atoms with van der Waals surface area (Å²) in [6.07, 6.45) is -3.40. The largest absolute Gasteiger partial charge is 0.529 e. The van der Waals surface area contributed by atoms with Crippen molar-refractivity contribution in [2.45, 2.75) is 24.4 Å². The summed E-state index contributed by atoms with van der Waals surface area (Å²) in [6, 6.07) is 17.9. The summed E-state index contributed by atoms with van der Waals surface area (Å²) >= 11 is 6.03. The van der Waals surface area contributed by atoms with Crippen LogP contribution in [0.3, 0.4) is 0 Å². The number of hydrogen-bond donors (Lipinski definition) is 0. The highest BCUT2D eigenvalue weighted by atomic mass is 35.5. The molecule has 216 valence electrons. The Balaban J connectivity index is 1.49. The highest BCUT2D eigenvalue weighted by Gasteiger charge is 2.34. The number of aryl methyl sites for hydroxylation is 1. The van der Waals surface area contributed by atoms with Gasteiger partial charge in [-0.25, -0.2) is 13.4 Å². The maximum atomic E-state index is 13.5. The number of halogens is 4. The van der Waals surface area contributed by atoms with E-state index in [0.29, 0.717) is 28.2 Å². The van der Waals surface area contributed by atoms with Crippen LogP contribution in [-0.4, -0.2) is 39.9 Å². The van der Waals surface area contributed by atoms with Gasteiger partial charge in [-0.3, -0.25) is 13.9 Å². The lowest BCUT2D eigenvalue weighted by molar-refractivity contribution is -0.259. The van der Waals surface area contributed by atoms with Crippen LogP contribution in [0.4, 0.5) is 18.0 Å². The number of amides is 1. The third-order valence-corrected chi connectivity index (χ3v) is 8.67. The summed E-state index contributed by atoms with van der Waals surface area (Å²) in [6.45, 7) is 1.39. The van der Waals surface area contributed by atoms with Crippen molar-refractivity contribution in [3.63, 3.8) is 0 Å². The van der Waals surface area contributed by atoms with Gasteiger partial charge in [0.2, 0.25) is 0 Å². The summed E-state index contributed by atoms with van der Waals surface area (Å²) in [5.74, 6) is 0.327. The van der Waals surface area contributed by atoms with Crippen LogP contribution in [0.2, 0.25) is 5.02 Å². The zero-order valence-corrected chi connectivity index (χ0v) is 23.4. The molecule has 8 nitrogen and oxygen atoms in total. The Morgan fingerprint density at radius 1 is 1.05 bits per heavy atom. The molecule has 0 atom stereocenters. The van der Waals surface area contributed by atoms with Gasteiger partial charge in [-0.15, -0.1) is 0 Å². The first-order valence-corrected chi connectivity index (χ1v) is 14.3. The molecule has 0 N–H and O–H groups in total. The quantitative estimate of drug-likeness (QED) is 0.235. The fraction of sp³-hybridized carbons (Fsp3) is 0.138. The molecule has 0 spiro atoms. The Morgan fingerprint density at radius 3 is 2.33 bits per heavy atom. The fourth-order valence-electron chi connectivity index (χ4n) is 4.45. The Kier molecular flexibility index (Phi) is 7.69. The molecule has 0 aliphatic carbocycles. The lowest BCUT2D eigenvalue weighted by Crippen LogP contribution is -2.45. The summed E-state index contributed by atoms with van der Waals surface area (Å²) in [4.78, 5) is 20.1. The van der Waals surface area contributed by atoms with Crippen LogP contribution in [0, 0.1) is 6.92 Å². The Labute approximate surface area is 243 Å². The molecule has 0 aliphatic rings. The third-order valence-electron chi connectivity index (χ3n) is 6.58. The standard InChI is InChI=1S/C29H22ClF3N4O4S/c1-18-4-10-22(11-5-18)42(40,41)36(28(38)39)14-12-19-6-8-21(9-7-19)37-26-16-24(30)23(29(31,32)33)15-25(26)35-27(37)20-3-2-13-34-17-20/h2-11,13,15-17H,12,14H2,1H3,(H,38,39)/p-1. The van der Waals surface area contributed by atoms with Crippen molar-refractivity contribution in [3.8, 4) is 17.1 Å². The van der Waals surface area contributed by atoms with E-state index in [-0.39, 0.29) is 27.7 Å². The van der Waals surface area contributed by atoms with Crippen LogP contribution >= 0.6 is 11.6 Å². The SMILES string of the molecule is Cc1ccc(S(=O)(=O)N(CCc2ccc(-n3c(-c4cccnc4)nc4cc(C(F)(F)F)c(Cl)cc43)cc2)C(=O)[O-])cc1. The molecule has 13 heteroatoms. The van der Waals surface area contributed by atoms with E-state index >= 15 is 0 Å². The van der Waals surface area contributed by atoms with E-state index in [0.717, 1.165) is 11.6 Å². The molecule has 1 amide bonds. The average Bonchev–Trinajstić information content (AvgIpc) is 3.31. The van der Waals surface area contributed by atoms with Gasteiger partial charge in [0.05, 0.1) is 26.5 Å². The number of benzene rings is 3. The van der Waals surface area contributed by atoms with Gasteiger partial charge in [0.1, 0.15) is 5.82 Å². The molecule has 2 heterocycles. The van der Waals surface area contributed by atoms with Crippen LogP contribution in [0.25, 0.3) is 28.1 Å². The summed E-state index contributed by atoms with van der Waals surface area (Å²) in [5, 5.41) is 11.3. The van der Waals surface area contributed by atoms with Crippen molar-refractivity contribution in [2.24, 2.45) is 0 Å². The molecule has 5 rings (SSSR count). The summed E-state index contributed by atoms with van der Waals surface area (Å²) in [7, 11) is -4.35. The summed E-state index contributed by atoms with van der Waals surface area (Å²) < 4.78 is 68.4. The van der Waals surface area contributed by atoms with Gasteiger partial charge < -0.3 is 9.90 Å². The molecule has 0 saturated carbocycles. The Hall–Kier alpha value is -4.42. The first kappa shape index (κ1) is 29.1. The normalized spacial score (nSPS) is 12.0. The number of imidazole rings is 1. The zero-order chi connectivity index (χ0) is 30.2. The molecule has 0 fully saturated rings. The van der Waals surface area contributed by atoms with Crippen molar-refractivity contribution in [3.05, 3.63) is 107 Å². The van der Waals surface area contributed by atoms with E-state index in [1.165, 1.54) is 24.4 Å². The number of hydrogen-bond acceptors (Lipinski definition) is 6. The molecule has 0 radical (unpaired) electrons. The number of sulfonamides is 1. The molecule has 0 unspecified atom stereocenters. The van der Waals surface area contributed by atoms with Crippen LogP contribution in [-0.2, 0) is 22.6 Å². The van der Waals surface area contributed by atoms with Crippen molar-refractivity contribution < 1.29 is 31.5 Å². The number of alkyl halides is 3. The van der Waals surface area contributed by atoms with Crippen LogP contribution in [0.15, 0.2) is 90.1 Å². The Bertz CT molecular complexity index is 1880. The predicted molar refractivity (Wildman–Crippen MR) is 148 cm³/mol.